The van der Waals surface area contributed by atoms with Gasteiger partial charge in [0.2, 0.25) is 0 Å². The summed E-state index contributed by atoms with van der Waals surface area (Å²) in [6.07, 6.45) is 8.86. The van der Waals surface area contributed by atoms with Crippen LogP contribution in [0.15, 0.2) is 59.5 Å². The molecule has 0 radical (unpaired) electrons. The quantitative estimate of drug-likeness (QED) is 0.602. The van der Waals surface area contributed by atoms with Gasteiger partial charge in [0, 0.05) is 18.7 Å². The summed E-state index contributed by atoms with van der Waals surface area (Å²) in [7, 11) is -3.63. The molecule has 162 valence electrons. The third kappa shape index (κ3) is 5.63. The van der Waals surface area contributed by atoms with Gasteiger partial charge < -0.3 is 5.32 Å². The van der Waals surface area contributed by atoms with Gasteiger partial charge in [0.05, 0.1) is 10.6 Å². The van der Waals surface area contributed by atoms with Crippen molar-refractivity contribution >= 4 is 21.6 Å². The van der Waals surface area contributed by atoms with Gasteiger partial charge in [-0.25, -0.2) is 8.42 Å². The fourth-order valence-electron chi connectivity index (χ4n) is 4.13. The number of hydrogen-bond donors (Lipinski definition) is 1. The number of amides is 1. The van der Waals surface area contributed by atoms with Crippen LogP contribution in [0.3, 0.4) is 0 Å². The minimum Gasteiger partial charge on any atom is -0.352 e. The SMILES string of the molecule is CCN(c1ccc(C(=O)NCCC2CCCCCC2)cc1)S(=O)(=O)c1ccccc1. The van der Waals surface area contributed by atoms with Crippen LogP contribution in [-0.2, 0) is 10.0 Å². The molecule has 2 aromatic carbocycles. The zero-order chi connectivity index (χ0) is 21.4. The monoisotopic (exact) mass is 428 g/mol. The summed E-state index contributed by atoms with van der Waals surface area (Å²) in [5.74, 6) is 0.612. The van der Waals surface area contributed by atoms with Gasteiger partial charge in [0.25, 0.3) is 15.9 Å². The van der Waals surface area contributed by atoms with Crippen molar-refractivity contribution in [1.82, 2.24) is 5.32 Å². The first-order valence-electron chi connectivity index (χ1n) is 11.0. The maximum atomic E-state index is 12.9. The summed E-state index contributed by atoms with van der Waals surface area (Å²) < 4.78 is 27.2. The Labute approximate surface area is 180 Å². The van der Waals surface area contributed by atoms with Crippen molar-refractivity contribution in [3.8, 4) is 0 Å². The molecular weight excluding hydrogens is 396 g/mol. The molecule has 1 aliphatic rings. The maximum absolute atomic E-state index is 12.9. The molecule has 0 atom stereocenters. The predicted molar refractivity (Wildman–Crippen MR) is 121 cm³/mol. The number of anilines is 1. The Bertz CT molecular complexity index is 903. The number of carbonyl (C=O) groups is 1. The Morgan fingerprint density at radius 3 is 2.20 bits per heavy atom. The lowest BCUT2D eigenvalue weighted by molar-refractivity contribution is 0.0951. The van der Waals surface area contributed by atoms with Gasteiger partial charge in [-0.05, 0) is 55.7 Å². The normalized spacial score (nSPS) is 15.4. The number of nitrogens with zero attached hydrogens (tertiary/aromatic N) is 1. The van der Waals surface area contributed by atoms with Crippen molar-refractivity contribution in [3.05, 3.63) is 60.2 Å². The summed E-state index contributed by atoms with van der Waals surface area (Å²) in [5, 5.41) is 3.01. The highest BCUT2D eigenvalue weighted by atomic mass is 32.2. The molecule has 5 nitrogen and oxygen atoms in total. The zero-order valence-electron chi connectivity index (χ0n) is 17.7. The van der Waals surface area contributed by atoms with Crippen molar-refractivity contribution in [3.63, 3.8) is 0 Å². The van der Waals surface area contributed by atoms with E-state index in [0.29, 0.717) is 24.3 Å². The molecule has 6 heteroatoms. The van der Waals surface area contributed by atoms with Crippen molar-refractivity contribution in [1.29, 1.82) is 0 Å². The van der Waals surface area contributed by atoms with E-state index >= 15 is 0 Å². The summed E-state index contributed by atoms with van der Waals surface area (Å²) in [4.78, 5) is 12.7. The first-order chi connectivity index (χ1) is 14.5. The fraction of sp³-hybridized carbons (Fsp3) is 0.458. The number of sulfonamides is 1. The smallest absolute Gasteiger partial charge is 0.264 e. The first-order valence-corrected chi connectivity index (χ1v) is 12.4. The largest absolute Gasteiger partial charge is 0.352 e. The second-order valence-corrected chi connectivity index (χ2v) is 9.79. The van der Waals surface area contributed by atoms with E-state index in [-0.39, 0.29) is 10.8 Å². The third-order valence-corrected chi connectivity index (χ3v) is 7.77. The lowest BCUT2D eigenvalue weighted by Crippen LogP contribution is -2.31. The molecule has 30 heavy (non-hydrogen) atoms. The molecule has 2 aromatic rings. The standard InChI is InChI=1S/C24H32N2O3S/c1-2-26(30(28,29)23-12-8-5-9-13-23)22-16-14-21(15-17-22)24(27)25-19-18-20-10-6-3-4-7-11-20/h5,8-9,12-17,20H,2-4,6-7,10-11,18-19H2,1H3,(H,25,27). The van der Waals surface area contributed by atoms with Gasteiger partial charge in [-0.15, -0.1) is 0 Å². The highest BCUT2D eigenvalue weighted by Crippen LogP contribution is 2.25. The number of benzene rings is 2. The van der Waals surface area contributed by atoms with Gasteiger partial charge in [0.1, 0.15) is 0 Å². The molecule has 1 amide bonds. The van der Waals surface area contributed by atoms with Gasteiger partial charge in [-0.3, -0.25) is 9.10 Å². The molecule has 3 rings (SSSR count). The minimum atomic E-state index is -3.63. The van der Waals surface area contributed by atoms with Crippen molar-refractivity contribution < 1.29 is 13.2 Å². The van der Waals surface area contributed by atoms with E-state index in [2.05, 4.69) is 5.32 Å². The first kappa shape index (κ1) is 22.3. The van der Waals surface area contributed by atoms with Crippen LogP contribution < -0.4 is 9.62 Å². The van der Waals surface area contributed by atoms with Gasteiger partial charge in [-0.2, -0.15) is 0 Å². The molecule has 0 spiro atoms. The summed E-state index contributed by atoms with van der Waals surface area (Å²) in [6.45, 7) is 2.80. The van der Waals surface area contributed by atoms with Crippen LogP contribution in [-0.4, -0.2) is 27.4 Å². The lowest BCUT2D eigenvalue weighted by Gasteiger charge is -2.23. The Morgan fingerprint density at radius 2 is 1.60 bits per heavy atom. The molecule has 0 bridgehead atoms. The van der Waals surface area contributed by atoms with Crippen molar-refractivity contribution in [2.45, 2.75) is 56.8 Å². The van der Waals surface area contributed by atoms with E-state index in [1.54, 1.807) is 61.5 Å². The molecule has 0 aromatic heterocycles. The topological polar surface area (TPSA) is 66.5 Å². The Balaban J connectivity index is 1.61. The highest BCUT2D eigenvalue weighted by Gasteiger charge is 2.23. The maximum Gasteiger partial charge on any atom is 0.264 e. The van der Waals surface area contributed by atoms with Crippen molar-refractivity contribution in [2.75, 3.05) is 17.4 Å². The molecule has 0 saturated heterocycles. The number of hydrogen-bond acceptors (Lipinski definition) is 3. The Kier molecular flexibility index (Phi) is 7.91. The number of nitrogens with one attached hydrogen (secondary N) is 1. The molecule has 1 fully saturated rings. The number of rotatable bonds is 8. The molecule has 1 aliphatic carbocycles. The summed E-state index contributed by atoms with van der Waals surface area (Å²) in [6, 6.07) is 15.2. The summed E-state index contributed by atoms with van der Waals surface area (Å²) in [5.41, 5.74) is 1.10. The lowest BCUT2D eigenvalue weighted by atomic mass is 9.97. The van der Waals surface area contributed by atoms with E-state index in [1.165, 1.54) is 42.8 Å². The van der Waals surface area contributed by atoms with Gasteiger partial charge >= 0.3 is 0 Å². The summed E-state index contributed by atoms with van der Waals surface area (Å²) >= 11 is 0. The minimum absolute atomic E-state index is 0.107. The van der Waals surface area contributed by atoms with Crippen LogP contribution in [0.4, 0.5) is 5.69 Å². The molecular formula is C24H32N2O3S. The van der Waals surface area contributed by atoms with E-state index < -0.39 is 10.0 Å². The third-order valence-electron chi connectivity index (χ3n) is 5.85. The van der Waals surface area contributed by atoms with E-state index in [1.807, 2.05) is 0 Å². The van der Waals surface area contributed by atoms with Crippen molar-refractivity contribution in [2.24, 2.45) is 5.92 Å². The second kappa shape index (κ2) is 10.6. The van der Waals surface area contributed by atoms with E-state index in [4.69, 9.17) is 0 Å². The highest BCUT2D eigenvalue weighted by molar-refractivity contribution is 7.92. The average Bonchev–Trinajstić information content (AvgIpc) is 3.04. The number of carbonyl (C=O) groups excluding carboxylic acids is 1. The van der Waals surface area contributed by atoms with Crippen LogP contribution in [0.5, 0.6) is 0 Å². The molecule has 1 saturated carbocycles. The van der Waals surface area contributed by atoms with Gasteiger partial charge in [-0.1, -0.05) is 56.7 Å². The zero-order valence-corrected chi connectivity index (χ0v) is 18.5. The Hall–Kier alpha value is -2.34. The van der Waals surface area contributed by atoms with Crippen LogP contribution in [0.25, 0.3) is 0 Å². The predicted octanol–water partition coefficient (Wildman–Crippen LogP) is 4.99. The molecule has 0 heterocycles. The van der Waals surface area contributed by atoms with E-state index in [9.17, 15) is 13.2 Å². The molecule has 0 unspecified atom stereocenters. The fourth-order valence-corrected chi connectivity index (χ4v) is 5.63. The molecule has 1 N–H and O–H groups in total. The van der Waals surface area contributed by atoms with E-state index in [0.717, 1.165) is 12.3 Å². The van der Waals surface area contributed by atoms with Crippen LogP contribution in [0.1, 0.15) is 62.2 Å². The van der Waals surface area contributed by atoms with Gasteiger partial charge in [0.15, 0.2) is 0 Å². The Morgan fingerprint density at radius 1 is 0.967 bits per heavy atom. The second-order valence-electron chi connectivity index (χ2n) is 7.93. The van der Waals surface area contributed by atoms with Crippen LogP contribution >= 0.6 is 0 Å². The molecule has 0 aliphatic heterocycles. The van der Waals surface area contributed by atoms with Crippen LogP contribution in [0, 0.1) is 5.92 Å². The van der Waals surface area contributed by atoms with Crippen LogP contribution in [0.2, 0.25) is 0 Å². The average molecular weight is 429 g/mol.